The van der Waals surface area contributed by atoms with Crippen LogP contribution in [0.1, 0.15) is 25.7 Å². The first kappa shape index (κ1) is 13.3. The Morgan fingerprint density at radius 2 is 2.11 bits per heavy atom. The second-order valence-corrected chi connectivity index (χ2v) is 4.61. The van der Waals surface area contributed by atoms with Crippen LogP contribution in [-0.2, 0) is 6.54 Å². The summed E-state index contributed by atoms with van der Waals surface area (Å²) in [6.07, 6.45) is 8.32. The number of rotatable bonds is 7. The van der Waals surface area contributed by atoms with Crippen molar-refractivity contribution in [3.63, 3.8) is 0 Å². The standard InChI is InChI=1S/C15H18N2O2/c1-2-3-4-5-6-11-16-12-10-13-14(16)8-7-9-15(13)17(18)19/h2,7-10,12H,1,3-6,11H2. The van der Waals surface area contributed by atoms with Gasteiger partial charge >= 0.3 is 0 Å². The Labute approximate surface area is 112 Å². The van der Waals surface area contributed by atoms with Crippen LogP contribution in [0.25, 0.3) is 10.9 Å². The Balaban J connectivity index is 2.10. The van der Waals surface area contributed by atoms with Crippen molar-refractivity contribution in [2.75, 3.05) is 0 Å². The van der Waals surface area contributed by atoms with Gasteiger partial charge in [0.15, 0.2) is 0 Å². The molecule has 100 valence electrons. The summed E-state index contributed by atoms with van der Waals surface area (Å²) in [5.41, 5.74) is 1.13. The number of unbranched alkanes of at least 4 members (excludes halogenated alkanes) is 3. The second-order valence-electron chi connectivity index (χ2n) is 4.61. The van der Waals surface area contributed by atoms with Crippen molar-refractivity contribution in [3.8, 4) is 0 Å². The molecule has 4 nitrogen and oxygen atoms in total. The molecule has 0 saturated heterocycles. The number of hydrogen-bond acceptors (Lipinski definition) is 2. The Morgan fingerprint density at radius 3 is 2.84 bits per heavy atom. The summed E-state index contributed by atoms with van der Waals surface area (Å²) >= 11 is 0. The van der Waals surface area contributed by atoms with Crippen LogP contribution in [0.4, 0.5) is 5.69 Å². The number of non-ortho nitro benzene ring substituents is 1. The Bertz CT molecular complexity index is 587. The highest BCUT2D eigenvalue weighted by Gasteiger charge is 2.13. The van der Waals surface area contributed by atoms with E-state index in [1.807, 2.05) is 24.4 Å². The van der Waals surface area contributed by atoms with Gasteiger partial charge in [0.1, 0.15) is 0 Å². The van der Waals surface area contributed by atoms with E-state index in [-0.39, 0.29) is 10.6 Å². The van der Waals surface area contributed by atoms with Crippen LogP contribution in [0.2, 0.25) is 0 Å². The molecular formula is C15H18N2O2. The van der Waals surface area contributed by atoms with Crippen LogP contribution in [0.3, 0.4) is 0 Å². The number of fused-ring (bicyclic) bond motifs is 1. The van der Waals surface area contributed by atoms with Crippen LogP contribution in [0, 0.1) is 10.1 Å². The minimum Gasteiger partial charge on any atom is -0.347 e. The molecule has 1 heterocycles. The van der Waals surface area contributed by atoms with Gasteiger partial charge in [-0.3, -0.25) is 10.1 Å². The molecule has 2 rings (SSSR count). The average Bonchev–Trinajstić information content (AvgIpc) is 2.81. The molecule has 0 spiro atoms. The fraction of sp³-hybridized carbons (Fsp3) is 0.333. The van der Waals surface area contributed by atoms with E-state index in [0.717, 1.165) is 43.1 Å². The lowest BCUT2D eigenvalue weighted by molar-refractivity contribution is -0.383. The summed E-state index contributed by atoms with van der Waals surface area (Å²) < 4.78 is 2.09. The summed E-state index contributed by atoms with van der Waals surface area (Å²) in [5.74, 6) is 0. The van der Waals surface area contributed by atoms with Gasteiger partial charge in [0.2, 0.25) is 0 Å². The maximum Gasteiger partial charge on any atom is 0.278 e. The summed E-state index contributed by atoms with van der Waals surface area (Å²) in [4.78, 5) is 10.6. The van der Waals surface area contributed by atoms with Crippen molar-refractivity contribution in [3.05, 3.63) is 53.2 Å². The van der Waals surface area contributed by atoms with E-state index in [1.54, 1.807) is 12.1 Å². The highest BCUT2D eigenvalue weighted by molar-refractivity contribution is 5.89. The third kappa shape index (κ3) is 3.02. The minimum atomic E-state index is -0.323. The molecule has 0 aliphatic heterocycles. The molecule has 0 amide bonds. The minimum absolute atomic E-state index is 0.183. The molecule has 0 aliphatic carbocycles. The van der Waals surface area contributed by atoms with E-state index >= 15 is 0 Å². The van der Waals surface area contributed by atoms with E-state index in [4.69, 9.17) is 0 Å². The average molecular weight is 258 g/mol. The van der Waals surface area contributed by atoms with Crippen molar-refractivity contribution in [2.24, 2.45) is 0 Å². The van der Waals surface area contributed by atoms with E-state index < -0.39 is 0 Å². The van der Waals surface area contributed by atoms with Crippen molar-refractivity contribution in [2.45, 2.75) is 32.2 Å². The summed E-state index contributed by atoms with van der Waals surface area (Å²) in [5, 5.41) is 11.7. The molecule has 0 N–H and O–H groups in total. The van der Waals surface area contributed by atoms with Gasteiger partial charge in [-0.2, -0.15) is 0 Å². The van der Waals surface area contributed by atoms with Gasteiger partial charge in [0.05, 0.1) is 15.8 Å². The van der Waals surface area contributed by atoms with E-state index in [9.17, 15) is 10.1 Å². The maximum atomic E-state index is 10.9. The molecule has 19 heavy (non-hydrogen) atoms. The Kier molecular flexibility index (Phi) is 4.34. The lowest BCUT2D eigenvalue weighted by atomic mass is 10.2. The van der Waals surface area contributed by atoms with Crippen LogP contribution in [0.15, 0.2) is 43.1 Å². The molecule has 0 radical (unpaired) electrons. The molecule has 0 unspecified atom stereocenters. The molecule has 1 aromatic carbocycles. The molecule has 0 atom stereocenters. The number of nitrogens with zero attached hydrogens (tertiary/aromatic N) is 2. The zero-order valence-electron chi connectivity index (χ0n) is 10.9. The predicted molar refractivity (Wildman–Crippen MR) is 77.3 cm³/mol. The van der Waals surface area contributed by atoms with E-state index in [1.165, 1.54) is 0 Å². The van der Waals surface area contributed by atoms with Crippen molar-refractivity contribution < 1.29 is 4.92 Å². The molecule has 0 bridgehead atoms. The summed E-state index contributed by atoms with van der Waals surface area (Å²) in [7, 11) is 0. The SMILES string of the molecule is C=CCCCCCn1ccc2c([N+](=O)[O-])cccc21. The zero-order valence-corrected chi connectivity index (χ0v) is 10.9. The highest BCUT2D eigenvalue weighted by atomic mass is 16.6. The van der Waals surface area contributed by atoms with Gasteiger partial charge < -0.3 is 4.57 Å². The topological polar surface area (TPSA) is 48.1 Å². The molecule has 4 heteroatoms. The molecule has 0 aliphatic rings. The first-order chi connectivity index (χ1) is 9.24. The highest BCUT2D eigenvalue weighted by Crippen LogP contribution is 2.26. The Morgan fingerprint density at radius 1 is 1.26 bits per heavy atom. The third-order valence-electron chi connectivity index (χ3n) is 3.29. The number of aryl methyl sites for hydroxylation is 1. The van der Waals surface area contributed by atoms with Crippen LogP contribution in [0.5, 0.6) is 0 Å². The number of benzene rings is 1. The monoisotopic (exact) mass is 258 g/mol. The first-order valence-electron chi connectivity index (χ1n) is 6.57. The van der Waals surface area contributed by atoms with Gasteiger partial charge in [-0.15, -0.1) is 6.58 Å². The second kappa shape index (κ2) is 6.18. The first-order valence-corrected chi connectivity index (χ1v) is 6.57. The van der Waals surface area contributed by atoms with Crippen molar-refractivity contribution in [1.82, 2.24) is 4.57 Å². The molecule has 0 fully saturated rings. The predicted octanol–water partition coefficient (Wildman–Crippen LogP) is 4.30. The smallest absolute Gasteiger partial charge is 0.278 e. The van der Waals surface area contributed by atoms with Crippen LogP contribution < -0.4 is 0 Å². The Hall–Kier alpha value is -2.10. The molecular weight excluding hydrogens is 240 g/mol. The van der Waals surface area contributed by atoms with Crippen molar-refractivity contribution >= 4 is 16.6 Å². The van der Waals surface area contributed by atoms with E-state index in [2.05, 4.69) is 11.1 Å². The lowest BCUT2D eigenvalue weighted by Gasteiger charge is -2.05. The van der Waals surface area contributed by atoms with Crippen LogP contribution in [-0.4, -0.2) is 9.49 Å². The normalized spacial score (nSPS) is 10.7. The maximum absolute atomic E-state index is 10.9. The van der Waals surface area contributed by atoms with Gasteiger partial charge in [0, 0.05) is 18.8 Å². The van der Waals surface area contributed by atoms with E-state index in [0.29, 0.717) is 0 Å². The molecule has 2 aromatic rings. The fourth-order valence-corrected chi connectivity index (χ4v) is 2.31. The number of nitro groups is 1. The third-order valence-corrected chi connectivity index (χ3v) is 3.29. The largest absolute Gasteiger partial charge is 0.347 e. The van der Waals surface area contributed by atoms with Gasteiger partial charge in [0.25, 0.3) is 5.69 Å². The number of aromatic nitrogens is 1. The fourth-order valence-electron chi connectivity index (χ4n) is 2.31. The summed E-state index contributed by atoms with van der Waals surface area (Å²) in [6, 6.07) is 7.06. The number of hydrogen-bond donors (Lipinski definition) is 0. The number of allylic oxidation sites excluding steroid dienone is 1. The zero-order chi connectivity index (χ0) is 13.7. The molecule has 1 aromatic heterocycles. The summed E-state index contributed by atoms with van der Waals surface area (Å²) in [6.45, 7) is 4.61. The van der Waals surface area contributed by atoms with Crippen LogP contribution >= 0.6 is 0 Å². The van der Waals surface area contributed by atoms with Crippen molar-refractivity contribution in [1.29, 1.82) is 0 Å². The quantitative estimate of drug-likeness (QED) is 0.322. The van der Waals surface area contributed by atoms with Gasteiger partial charge in [-0.1, -0.05) is 18.6 Å². The number of nitro benzene ring substituents is 1. The lowest BCUT2D eigenvalue weighted by Crippen LogP contribution is -1.96. The van der Waals surface area contributed by atoms with Gasteiger partial charge in [-0.25, -0.2) is 0 Å². The van der Waals surface area contributed by atoms with Gasteiger partial charge in [-0.05, 0) is 31.4 Å². The molecule has 0 saturated carbocycles.